The van der Waals surface area contributed by atoms with E-state index in [1.54, 1.807) is 19.4 Å². The molecule has 5 rings (SSSR count). The molecule has 1 amide bonds. The van der Waals surface area contributed by atoms with Crippen molar-refractivity contribution in [3.05, 3.63) is 77.3 Å². The van der Waals surface area contributed by atoms with Gasteiger partial charge in [0.1, 0.15) is 17.1 Å². The third-order valence-electron chi connectivity index (χ3n) is 6.29. The summed E-state index contributed by atoms with van der Waals surface area (Å²) in [4.78, 5) is 19.7. The van der Waals surface area contributed by atoms with Gasteiger partial charge >= 0.3 is 0 Å². The normalized spacial score (nSPS) is 15.9. The molecule has 35 heavy (non-hydrogen) atoms. The minimum Gasteiger partial charge on any atom is -0.497 e. The zero-order valence-corrected chi connectivity index (χ0v) is 20.0. The molecule has 0 radical (unpaired) electrons. The predicted octanol–water partition coefficient (Wildman–Crippen LogP) is 4.73. The molecule has 180 valence electrons. The van der Waals surface area contributed by atoms with Crippen molar-refractivity contribution in [3.63, 3.8) is 0 Å². The van der Waals surface area contributed by atoms with Crippen molar-refractivity contribution in [3.8, 4) is 17.0 Å². The zero-order chi connectivity index (χ0) is 24.4. The first kappa shape index (κ1) is 23.1. The van der Waals surface area contributed by atoms with Gasteiger partial charge in [0.2, 0.25) is 5.91 Å². The highest BCUT2D eigenvalue weighted by Gasteiger charge is 2.28. The van der Waals surface area contributed by atoms with E-state index in [-0.39, 0.29) is 18.4 Å². The summed E-state index contributed by atoms with van der Waals surface area (Å²) in [5.74, 6) is 0.931. The number of aromatic nitrogens is 3. The molecule has 1 fully saturated rings. The highest BCUT2D eigenvalue weighted by molar-refractivity contribution is 6.31. The molecule has 0 spiro atoms. The molecule has 1 N–H and O–H groups in total. The summed E-state index contributed by atoms with van der Waals surface area (Å²) in [5.41, 5.74) is 3.34. The number of anilines is 1. The van der Waals surface area contributed by atoms with Crippen LogP contribution in [0.15, 0.2) is 60.9 Å². The number of fused-ring (bicyclic) bond motifs is 1. The SMILES string of the molecule is COc1cccc(-c2cc3c(N4CCC[C@H](C(=O)NCc5ccc(F)cc5Cl)C4)nccn3n2)c1. The van der Waals surface area contributed by atoms with Gasteiger partial charge in [0, 0.05) is 42.6 Å². The van der Waals surface area contributed by atoms with Gasteiger partial charge in [-0.1, -0.05) is 29.8 Å². The van der Waals surface area contributed by atoms with E-state index in [0.29, 0.717) is 17.1 Å². The predicted molar refractivity (Wildman–Crippen MR) is 133 cm³/mol. The summed E-state index contributed by atoms with van der Waals surface area (Å²) >= 11 is 6.10. The van der Waals surface area contributed by atoms with Crippen LogP contribution in [0.5, 0.6) is 5.75 Å². The number of ether oxygens (including phenoxy) is 1. The lowest BCUT2D eigenvalue weighted by Gasteiger charge is -2.33. The van der Waals surface area contributed by atoms with Gasteiger partial charge < -0.3 is 15.0 Å². The van der Waals surface area contributed by atoms with Crippen LogP contribution in [0.1, 0.15) is 18.4 Å². The summed E-state index contributed by atoms with van der Waals surface area (Å²) in [6.07, 6.45) is 5.21. The molecule has 0 unspecified atom stereocenters. The standard InChI is InChI=1S/C26H25ClFN5O2/c1-35-21-6-2-4-17(12-21)23-14-24-25(29-9-11-33(24)31-23)32-10-3-5-19(16-32)26(34)30-15-18-7-8-20(28)13-22(18)27/h2,4,6-9,11-14,19H,3,5,10,15-16H2,1H3,(H,30,34)/t19-/m0/s1. The Morgan fingerprint density at radius 2 is 2.14 bits per heavy atom. The number of carbonyl (C=O) groups is 1. The lowest BCUT2D eigenvalue weighted by molar-refractivity contribution is -0.125. The average Bonchev–Trinajstić information content (AvgIpc) is 3.33. The Morgan fingerprint density at radius 1 is 1.26 bits per heavy atom. The Balaban J connectivity index is 1.33. The highest BCUT2D eigenvalue weighted by atomic mass is 35.5. The maximum Gasteiger partial charge on any atom is 0.225 e. The maximum atomic E-state index is 13.3. The fourth-order valence-electron chi connectivity index (χ4n) is 4.45. The minimum absolute atomic E-state index is 0.0485. The molecule has 2 aromatic heterocycles. The van der Waals surface area contributed by atoms with Crippen LogP contribution in [-0.2, 0) is 11.3 Å². The molecule has 7 nitrogen and oxygen atoms in total. The minimum atomic E-state index is -0.399. The fourth-order valence-corrected chi connectivity index (χ4v) is 4.68. The van der Waals surface area contributed by atoms with E-state index in [0.717, 1.165) is 47.7 Å². The Labute approximate surface area is 207 Å². The smallest absolute Gasteiger partial charge is 0.225 e. The number of nitrogens with one attached hydrogen (secondary N) is 1. The molecule has 1 atom stereocenters. The molecule has 0 saturated carbocycles. The molecule has 3 heterocycles. The van der Waals surface area contributed by atoms with Crippen LogP contribution in [0.3, 0.4) is 0 Å². The molecule has 0 aliphatic carbocycles. The third kappa shape index (κ3) is 4.93. The number of rotatable bonds is 6. The molecule has 1 saturated heterocycles. The van der Waals surface area contributed by atoms with Crippen LogP contribution in [0.2, 0.25) is 5.02 Å². The van der Waals surface area contributed by atoms with Crippen LogP contribution in [0, 0.1) is 11.7 Å². The van der Waals surface area contributed by atoms with Crippen molar-refractivity contribution in [2.75, 3.05) is 25.1 Å². The lowest BCUT2D eigenvalue weighted by Crippen LogP contribution is -2.43. The second-order valence-corrected chi connectivity index (χ2v) is 8.99. The number of methoxy groups -OCH3 is 1. The van der Waals surface area contributed by atoms with E-state index < -0.39 is 5.82 Å². The first-order valence-electron chi connectivity index (χ1n) is 11.5. The molecule has 1 aliphatic rings. The number of amides is 1. The van der Waals surface area contributed by atoms with Crippen molar-refractivity contribution in [2.24, 2.45) is 5.92 Å². The number of hydrogen-bond acceptors (Lipinski definition) is 5. The maximum absolute atomic E-state index is 13.3. The van der Waals surface area contributed by atoms with Gasteiger partial charge in [-0.05, 0) is 48.7 Å². The van der Waals surface area contributed by atoms with Gasteiger partial charge in [-0.3, -0.25) is 4.79 Å². The van der Waals surface area contributed by atoms with Gasteiger partial charge in [0.25, 0.3) is 0 Å². The summed E-state index contributed by atoms with van der Waals surface area (Å²) in [7, 11) is 1.64. The van der Waals surface area contributed by atoms with E-state index in [1.165, 1.54) is 12.1 Å². The van der Waals surface area contributed by atoms with Crippen LogP contribution < -0.4 is 15.0 Å². The lowest BCUT2D eigenvalue weighted by atomic mass is 9.97. The second-order valence-electron chi connectivity index (χ2n) is 8.58. The van der Waals surface area contributed by atoms with Gasteiger partial charge in [-0.25, -0.2) is 13.9 Å². The first-order valence-corrected chi connectivity index (χ1v) is 11.8. The Kier molecular flexibility index (Phi) is 6.55. The van der Waals surface area contributed by atoms with Crippen LogP contribution in [0.4, 0.5) is 10.2 Å². The molecule has 9 heteroatoms. The Hall–Kier alpha value is -3.65. The monoisotopic (exact) mass is 493 g/mol. The average molecular weight is 494 g/mol. The van der Waals surface area contributed by atoms with E-state index >= 15 is 0 Å². The van der Waals surface area contributed by atoms with Crippen molar-refractivity contribution >= 4 is 28.8 Å². The van der Waals surface area contributed by atoms with Crippen molar-refractivity contribution in [2.45, 2.75) is 19.4 Å². The van der Waals surface area contributed by atoms with Crippen LogP contribution >= 0.6 is 11.6 Å². The topological polar surface area (TPSA) is 71.8 Å². The largest absolute Gasteiger partial charge is 0.497 e. The summed E-state index contributed by atoms with van der Waals surface area (Å²) in [6.45, 7) is 1.62. The number of nitrogens with zero attached hydrogens (tertiary/aromatic N) is 4. The van der Waals surface area contributed by atoms with Crippen LogP contribution in [-0.4, -0.2) is 40.7 Å². The number of carbonyl (C=O) groups excluding carboxylic acids is 1. The second kappa shape index (κ2) is 9.92. The molecule has 1 aliphatic heterocycles. The zero-order valence-electron chi connectivity index (χ0n) is 19.2. The molecule has 0 bridgehead atoms. The molecule has 2 aromatic carbocycles. The molecular weight excluding hydrogens is 469 g/mol. The Bertz CT molecular complexity index is 1380. The number of piperidine rings is 1. The summed E-state index contributed by atoms with van der Waals surface area (Å²) in [5, 5.41) is 7.98. The van der Waals surface area contributed by atoms with Crippen molar-refractivity contribution < 1.29 is 13.9 Å². The van der Waals surface area contributed by atoms with Crippen molar-refractivity contribution in [1.29, 1.82) is 0 Å². The summed E-state index contributed by atoms with van der Waals surface area (Å²) in [6, 6.07) is 14.0. The molecule has 4 aromatic rings. The fraction of sp³-hybridized carbons (Fsp3) is 0.269. The first-order chi connectivity index (χ1) is 17.0. The van der Waals surface area contributed by atoms with Crippen molar-refractivity contribution in [1.82, 2.24) is 19.9 Å². The van der Waals surface area contributed by atoms with Gasteiger partial charge in [-0.2, -0.15) is 5.10 Å². The van der Waals surface area contributed by atoms with E-state index in [9.17, 15) is 9.18 Å². The summed E-state index contributed by atoms with van der Waals surface area (Å²) < 4.78 is 20.5. The van der Waals surface area contributed by atoms with E-state index in [1.807, 2.05) is 41.0 Å². The van der Waals surface area contributed by atoms with Gasteiger partial charge in [-0.15, -0.1) is 0 Å². The number of hydrogen-bond donors (Lipinski definition) is 1. The van der Waals surface area contributed by atoms with Crippen LogP contribution in [0.25, 0.3) is 16.8 Å². The Morgan fingerprint density at radius 3 is 2.97 bits per heavy atom. The number of halogens is 2. The van der Waals surface area contributed by atoms with Gasteiger partial charge in [0.05, 0.1) is 18.7 Å². The molecular formula is C26H25ClFN5O2. The number of benzene rings is 2. The highest BCUT2D eigenvalue weighted by Crippen LogP contribution is 2.29. The van der Waals surface area contributed by atoms with Gasteiger partial charge in [0.15, 0.2) is 5.82 Å². The van der Waals surface area contributed by atoms with E-state index in [4.69, 9.17) is 21.4 Å². The third-order valence-corrected chi connectivity index (χ3v) is 6.65. The quantitative estimate of drug-likeness (QED) is 0.420. The van der Waals surface area contributed by atoms with E-state index in [2.05, 4.69) is 15.2 Å².